The molecule has 4 nitrogen and oxygen atoms in total. The van der Waals surface area contributed by atoms with Gasteiger partial charge < -0.3 is 10.3 Å². The van der Waals surface area contributed by atoms with Crippen molar-refractivity contribution in [2.45, 2.75) is 26.2 Å². The average molecular weight is 329 g/mol. The highest BCUT2D eigenvalue weighted by molar-refractivity contribution is 5.95. The normalized spacial score (nSPS) is 16.2. The van der Waals surface area contributed by atoms with Gasteiger partial charge in [0.1, 0.15) is 6.07 Å². The number of aromatic amines is 1. The van der Waals surface area contributed by atoms with Gasteiger partial charge in [0.25, 0.3) is 0 Å². The van der Waals surface area contributed by atoms with Gasteiger partial charge in [0.05, 0.1) is 11.3 Å². The third kappa shape index (κ3) is 2.78. The van der Waals surface area contributed by atoms with Crippen LogP contribution in [0.5, 0.6) is 0 Å². The molecule has 0 radical (unpaired) electrons. The molecule has 0 spiro atoms. The molecule has 1 aliphatic rings. The zero-order valence-corrected chi connectivity index (χ0v) is 14.1. The summed E-state index contributed by atoms with van der Waals surface area (Å²) in [5, 5.41) is 13.4. The fraction of sp³-hybridized carbons (Fsp3) is 0.238. The second-order valence-electron chi connectivity index (χ2n) is 6.72. The van der Waals surface area contributed by atoms with E-state index in [9.17, 15) is 10.1 Å². The van der Waals surface area contributed by atoms with Crippen LogP contribution in [0.1, 0.15) is 28.8 Å². The fourth-order valence-electron chi connectivity index (χ4n) is 3.68. The molecule has 1 unspecified atom stereocenters. The van der Waals surface area contributed by atoms with Crippen molar-refractivity contribution in [2.75, 3.05) is 5.32 Å². The van der Waals surface area contributed by atoms with E-state index in [0.29, 0.717) is 11.3 Å². The smallest absolute Gasteiger partial charge is 0.227 e. The van der Waals surface area contributed by atoms with Crippen molar-refractivity contribution in [3.05, 3.63) is 64.8 Å². The van der Waals surface area contributed by atoms with Crippen molar-refractivity contribution in [3.8, 4) is 6.07 Å². The summed E-state index contributed by atoms with van der Waals surface area (Å²) in [6, 6.07) is 15.7. The Kier molecular flexibility index (Phi) is 3.77. The van der Waals surface area contributed by atoms with Crippen LogP contribution in [-0.4, -0.2) is 10.9 Å². The van der Waals surface area contributed by atoms with E-state index in [1.54, 1.807) is 18.2 Å². The number of aryl methyl sites for hydroxylation is 2. The first-order chi connectivity index (χ1) is 12.2. The lowest BCUT2D eigenvalue weighted by Crippen LogP contribution is -2.28. The number of anilines is 1. The Morgan fingerprint density at radius 2 is 2.12 bits per heavy atom. The molecule has 2 aromatic carbocycles. The standard InChI is InChI=1S/C21H19N3O/c1-13-6-8-19-16(10-13)17-11-14(7-9-20(17)23-19)21(25)24-18-5-3-2-4-15(18)12-22/h2-6,8,10,14,23H,7,9,11H2,1H3,(H,24,25). The maximum atomic E-state index is 12.7. The molecule has 1 aliphatic carbocycles. The van der Waals surface area contributed by atoms with Gasteiger partial charge in [-0.3, -0.25) is 4.79 Å². The Bertz CT molecular complexity index is 1010. The summed E-state index contributed by atoms with van der Waals surface area (Å²) in [5.74, 6) is -0.0749. The number of nitrogens with one attached hydrogen (secondary N) is 2. The van der Waals surface area contributed by atoms with E-state index in [4.69, 9.17) is 0 Å². The molecule has 0 saturated heterocycles. The SMILES string of the molecule is Cc1ccc2[nH]c3c(c2c1)CC(C(=O)Nc1ccccc1C#N)CC3. The highest BCUT2D eigenvalue weighted by atomic mass is 16.1. The van der Waals surface area contributed by atoms with E-state index < -0.39 is 0 Å². The summed E-state index contributed by atoms with van der Waals surface area (Å²) in [6.45, 7) is 2.09. The number of benzene rings is 2. The van der Waals surface area contributed by atoms with Crippen molar-refractivity contribution < 1.29 is 4.79 Å². The zero-order chi connectivity index (χ0) is 17.4. The second-order valence-corrected chi connectivity index (χ2v) is 6.72. The fourth-order valence-corrected chi connectivity index (χ4v) is 3.68. The van der Waals surface area contributed by atoms with Crippen LogP contribution in [0, 0.1) is 24.2 Å². The van der Waals surface area contributed by atoms with E-state index in [1.807, 2.05) is 6.07 Å². The Morgan fingerprint density at radius 3 is 2.96 bits per heavy atom. The maximum absolute atomic E-state index is 12.7. The molecule has 1 aromatic heterocycles. The van der Waals surface area contributed by atoms with Crippen LogP contribution in [0.25, 0.3) is 10.9 Å². The van der Waals surface area contributed by atoms with Gasteiger partial charge >= 0.3 is 0 Å². The number of aromatic nitrogens is 1. The minimum absolute atomic E-state index is 0.00430. The number of H-pyrrole nitrogens is 1. The number of para-hydroxylation sites is 1. The number of nitrogens with zero attached hydrogens (tertiary/aromatic N) is 1. The van der Waals surface area contributed by atoms with Crippen LogP contribution in [-0.2, 0) is 17.6 Å². The number of carbonyl (C=O) groups excluding carboxylic acids is 1. The number of fused-ring (bicyclic) bond motifs is 3. The number of amides is 1. The molecular weight excluding hydrogens is 310 g/mol. The van der Waals surface area contributed by atoms with Crippen LogP contribution in [0.15, 0.2) is 42.5 Å². The van der Waals surface area contributed by atoms with Crippen molar-refractivity contribution in [1.82, 2.24) is 4.98 Å². The summed E-state index contributed by atoms with van der Waals surface area (Å²) in [6.07, 6.45) is 2.43. The van der Waals surface area contributed by atoms with Gasteiger partial charge in [-0.2, -0.15) is 5.26 Å². The maximum Gasteiger partial charge on any atom is 0.227 e. The lowest BCUT2D eigenvalue weighted by atomic mass is 9.85. The minimum Gasteiger partial charge on any atom is -0.358 e. The van der Waals surface area contributed by atoms with Gasteiger partial charge in [-0.1, -0.05) is 23.8 Å². The third-order valence-corrected chi connectivity index (χ3v) is 5.02. The summed E-state index contributed by atoms with van der Waals surface area (Å²) >= 11 is 0. The first-order valence-corrected chi connectivity index (χ1v) is 8.56. The summed E-state index contributed by atoms with van der Waals surface area (Å²) in [7, 11) is 0. The van der Waals surface area contributed by atoms with E-state index in [-0.39, 0.29) is 11.8 Å². The first kappa shape index (κ1) is 15.5. The molecule has 3 aromatic rings. The van der Waals surface area contributed by atoms with Crippen molar-refractivity contribution in [1.29, 1.82) is 5.26 Å². The average Bonchev–Trinajstić information content (AvgIpc) is 2.99. The zero-order valence-electron chi connectivity index (χ0n) is 14.1. The molecule has 1 amide bonds. The molecule has 0 bridgehead atoms. The molecule has 1 atom stereocenters. The number of nitriles is 1. The molecule has 2 N–H and O–H groups in total. The largest absolute Gasteiger partial charge is 0.358 e. The molecule has 4 heteroatoms. The topological polar surface area (TPSA) is 68.7 Å². The van der Waals surface area contributed by atoms with Crippen LogP contribution in [0.4, 0.5) is 5.69 Å². The lowest BCUT2D eigenvalue weighted by molar-refractivity contribution is -0.120. The molecule has 0 saturated carbocycles. The molecule has 25 heavy (non-hydrogen) atoms. The third-order valence-electron chi connectivity index (χ3n) is 5.02. The predicted octanol–water partition coefficient (Wildman–Crippen LogP) is 4.09. The lowest BCUT2D eigenvalue weighted by Gasteiger charge is -2.22. The Balaban J connectivity index is 1.59. The van der Waals surface area contributed by atoms with Gasteiger partial charge in [0.15, 0.2) is 0 Å². The van der Waals surface area contributed by atoms with Gasteiger partial charge in [-0.25, -0.2) is 0 Å². The second kappa shape index (κ2) is 6.10. The summed E-state index contributed by atoms with van der Waals surface area (Å²) in [5.41, 5.74) is 5.97. The van der Waals surface area contributed by atoms with Crippen molar-refractivity contribution in [2.24, 2.45) is 5.92 Å². The molecular formula is C21H19N3O. The van der Waals surface area contributed by atoms with Crippen molar-refractivity contribution >= 4 is 22.5 Å². The van der Waals surface area contributed by atoms with Gasteiger partial charge in [0.2, 0.25) is 5.91 Å². The molecule has 124 valence electrons. The molecule has 0 aliphatic heterocycles. The minimum atomic E-state index is -0.0706. The number of hydrogen-bond acceptors (Lipinski definition) is 2. The number of hydrogen-bond donors (Lipinski definition) is 2. The highest BCUT2D eigenvalue weighted by Gasteiger charge is 2.27. The summed E-state index contributed by atoms with van der Waals surface area (Å²) in [4.78, 5) is 16.2. The van der Waals surface area contributed by atoms with Gasteiger partial charge in [-0.05, 0) is 56.0 Å². The van der Waals surface area contributed by atoms with E-state index in [2.05, 4.69) is 41.5 Å². The number of rotatable bonds is 2. The highest BCUT2D eigenvalue weighted by Crippen LogP contribution is 2.33. The van der Waals surface area contributed by atoms with Crippen LogP contribution in [0.2, 0.25) is 0 Å². The van der Waals surface area contributed by atoms with E-state index >= 15 is 0 Å². The molecule has 4 rings (SSSR count). The predicted molar refractivity (Wildman–Crippen MR) is 98.3 cm³/mol. The molecule has 1 heterocycles. The number of carbonyl (C=O) groups is 1. The van der Waals surface area contributed by atoms with Gasteiger partial charge in [0, 0.05) is 22.5 Å². The summed E-state index contributed by atoms with van der Waals surface area (Å²) < 4.78 is 0. The van der Waals surface area contributed by atoms with E-state index in [0.717, 1.165) is 24.8 Å². The van der Waals surface area contributed by atoms with Crippen LogP contribution >= 0.6 is 0 Å². The monoisotopic (exact) mass is 329 g/mol. The van der Waals surface area contributed by atoms with Gasteiger partial charge in [-0.15, -0.1) is 0 Å². The Labute approximate surface area is 146 Å². The molecule has 0 fully saturated rings. The van der Waals surface area contributed by atoms with Crippen LogP contribution in [0.3, 0.4) is 0 Å². The Morgan fingerprint density at radius 1 is 1.28 bits per heavy atom. The van der Waals surface area contributed by atoms with E-state index in [1.165, 1.54) is 22.2 Å². The first-order valence-electron chi connectivity index (χ1n) is 8.56. The quantitative estimate of drug-likeness (QED) is 0.743. The Hall–Kier alpha value is -3.06. The van der Waals surface area contributed by atoms with Crippen molar-refractivity contribution in [3.63, 3.8) is 0 Å². The van der Waals surface area contributed by atoms with Crippen LogP contribution < -0.4 is 5.32 Å².